The number of hydrogen-bond acceptors (Lipinski definition) is 4. The highest BCUT2D eigenvalue weighted by atomic mass is 16.1. The van der Waals surface area contributed by atoms with Crippen LogP contribution in [0.4, 0.5) is 0 Å². The fourth-order valence-corrected chi connectivity index (χ4v) is 2.44. The molecule has 0 aliphatic rings. The molecule has 0 saturated heterocycles. The van der Waals surface area contributed by atoms with Gasteiger partial charge in [0.05, 0.1) is 28.7 Å². The number of nitrogens with one attached hydrogen (secondary N) is 1. The average Bonchev–Trinajstić information content (AvgIpc) is 2.97. The summed E-state index contributed by atoms with van der Waals surface area (Å²) in [5, 5.41) is 8.85. The number of imidazole rings is 1. The van der Waals surface area contributed by atoms with Crippen molar-refractivity contribution in [1.29, 1.82) is 5.26 Å². The van der Waals surface area contributed by atoms with Crippen molar-refractivity contribution < 1.29 is 4.79 Å². The molecule has 0 aliphatic carbocycles. The minimum atomic E-state index is -0.543. The highest BCUT2D eigenvalue weighted by molar-refractivity contribution is 5.82. The van der Waals surface area contributed by atoms with Crippen LogP contribution in [0.2, 0.25) is 0 Å². The van der Waals surface area contributed by atoms with Gasteiger partial charge in [-0.25, -0.2) is 4.98 Å². The molecule has 0 bridgehead atoms. The van der Waals surface area contributed by atoms with Gasteiger partial charge in [-0.05, 0) is 35.4 Å². The first-order valence-corrected chi connectivity index (χ1v) is 7.11. The molecule has 0 saturated carbocycles. The van der Waals surface area contributed by atoms with Crippen molar-refractivity contribution in [3.8, 4) is 17.2 Å². The van der Waals surface area contributed by atoms with Crippen molar-refractivity contribution in [2.45, 2.75) is 12.5 Å². The van der Waals surface area contributed by atoms with Gasteiger partial charge in [0, 0.05) is 6.42 Å². The molecule has 1 amide bonds. The second-order valence-corrected chi connectivity index (χ2v) is 5.32. The number of carbonyl (C=O) groups excluding carboxylic acids is 1. The van der Waals surface area contributed by atoms with Gasteiger partial charge in [0.2, 0.25) is 5.91 Å². The number of rotatable bonds is 4. The van der Waals surface area contributed by atoms with E-state index >= 15 is 0 Å². The van der Waals surface area contributed by atoms with Crippen molar-refractivity contribution in [1.82, 2.24) is 9.97 Å². The van der Waals surface area contributed by atoms with E-state index in [0.29, 0.717) is 11.4 Å². The molecule has 2 aromatic carbocycles. The van der Waals surface area contributed by atoms with Gasteiger partial charge in [-0.15, -0.1) is 0 Å². The molecule has 6 heteroatoms. The lowest BCUT2D eigenvalue weighted by Gasteiger charge is -2.04. The van der Waals surface area contributed by atoms with E-state index in [1.807, 2.05) is 30.3 Å². The second-order valence-electron chi connectivity index (χ2n) is 5.32. The molecule has 1 atom stereocenters. The molecule has 0 aliphatic heterocycles. The molecule has 6 nitrogen and oxygen atoms in total. The summed E-state index contributed by atoms with van der Waals surface area (Å²) in [5.74, 6) is 0.0759. The van der Waals surface area contributed by atoms with Gasteiger partial charge in [0.25, 0.3) is 0 Å². The van der Waals surface area contributed by atoms with E-state index in [4.69, 9.17) is 16.7 Å². The Kier molecular flexibility index (Phi) is 3.79. The zero-order valence-electron chi connectivity index (χ0n) is 12.3. The van der Waals surface area contributed by atoms with Crippen LogP contribution in [0.15, 0.2) is 42.5 Å². The van der Waals surface area contributed by atoms with Crippen LogP contribution in [-0.4, -0.2) is 15.9 Å². The lowest BCUT2D eigenvalue weighted by Crippen LogP contribution is -2.21. The van der Waals surface area contributed by atoms with E-state index in [0.717, 1.165) is 22.2 Å². The predicted molar refractivity (Wildman–Crippen MR) is 87.0 cm³/mol. The number of aromatic nitrogens is 2. The van der Waals surface area contributed by atoms with Gasteiger partial charge in [-0.1, -0.05) is 18.2 Å². The molecule has 114 valence electrons. The Morgan fingerprint density at radius 2 is 1.91 bits per heavy atom. The lowest BCUT2D eigenvalue weighted by atomic mass is 10.0. The Morgan fingerprint density at radius 1 is 1.22 bits per heavy atom. The Morgan fingerprint density at radius 3 is 2.57 bits per heavy atom. The number of hydrogen-bond donors (Lipinski definition) is 3. The van der Waals surface area contributed by atoms with E-state index in [1.165, 1.54) is 0 Å². The van der Waals surface area contributed by atoms with E-state index in [9.17, 15) is 4.79 Å². The summed E-state index contributed by atoms with van der Waals surface area (Å²) in [5.41, 5.74) is 15.3. The first kappa shape index (κ1) is 14.8. The van der Waals surface area contributed by atoms with Crippen molar-refractivity contribution in [2.24, 2.45) is 11.5 Å². The normalized spacial score (nSPS) is 12.0. The van der Waals surface area contributed by atoms with E-state index in [2.05, 4.69) is 16.0 Å². The maximum Gasteiger partial charge on any atom is 0.219 e. The highest BCUT2D eigenvalue weighted by Crippen LogP contribution is 2.25. The highest BCUT2D eigenvalue weighted by Gasteiger charge is 2.14. The van der Waals surface area contributed by atoms with Crippen molar-refractivity contribution >= 4 is 16.9 Å². The molecule has 1 heterocycles. The number of carbonyl (C=O) groups is 1. The van der Waals surface area contributed by atoms with Crippen LogP contribution in [0.1, 0.15) is 23.9 Å². The topological polar surface area (TPSA) is 122 Å². The maximum atomic E-state index is 11.0. The molecule has 0 fully saturated rings. The van der Waals surface area contributed by atoms with Crippen LogP contribution in [0.25, 0.3) is 22.2 Å². The first-order chi connectivity index (χ1) is 11.1. The quantitative estimate of drug-likeness (QED) is 0.682. The molecular formula is C17H15N5O. The molecule has 23 heavy (non-hydrogen) atoms. The number of primary amides is 1. The zero-order valence-corrected chi connectivity index (χ0v) is 12.3. The number of benzene rings is 2. The maximum absolute atomic E-state index is 11.0. The Labute approximate surface area is 132 Å². The largest absolute Gasteiger partial charge is 0.370 e. The van der Waals surface area contributed by atoms with E-state index in [1.54, 1.807) is 12.1 Å². The van der Waals surface area contributed by atoms with Crippen LogP contribution < -0.4 is 11.5 Å². The number of fused-ring (bicyclic) bond motifs is 1. The summed E-state index contributed by atoms with van der Waals surface area (Å²) in [6.45, 7) is 0. The number of H-pyrrole nitrogens is 1. The van der Waals surface area contributed by atoms with E-state index < -0.39 is 11.9 Å². The van der Waals surface area contributed by atoms with Crippen LogP contribution in [-0.2, 0) is 4.79 Å². The van der Waals surface area contributed by atoms with Crippen LogP contribution in [0, 0.1) is 11.3 Å². The predicted octanol–water partition coefficient (Wildman–Crippen LogP) is 1.98. The Balaban J connectivity index is 1.95. The van der Waals surface area contributed by atoms with Crippen LogP contribution in [0.5, 0.6) is 0 Å². The molecule has 0 spiro atoms. The van der Waals surface area contributed by atoms with Gasteiger partial charge in [0.15, 0.2) is 0 Å². The van der Waals surface area contributed by atoms with Gasteiger partial charge >= 0.3 is 0 Å². The van der Waals surface area contributed by atoms with Crippen molar-refractivity contribution in [2.75, 3.05) is 0 Å². The molecule has 1 aromatic heterocycles. The average molecular weight is 305 g/mol. The Hall–Kier alpha value is -3.17. The summed E-state index contributed by atoms with van der Waals surface area (Å²) in [7, 11) is 0. The van der Waals surface area contributed by atoms with Gasteiger partial charge in [0.1, 0.15) is 5.82 Å². The Bertz CT molecular complexity index is 905. The number of amides is 1. The molecular weight excluding hydrogens is 290 g/mol. The first-order valence-electron chi connectivity index (χ1n) is 7.11. The number of nitrogens with zero attached hydrogens (tertiary/aromatic N) is 2. The summed E-state index contributed by atoms with van der Waals surface area (Å²) < 4.78 is 0. The summed E-state index contributed by atoms with van der Waals surface area (Å²) >= 11 is 0. The number of aromatic amines is 1. The summed E-state index contributed by atoms with van der Waals surface area (Å²) in [4.78, 5) is 18.5. The lowest BCUT2D eigenvalue weighted by molar-refractivity contribution is -0.118. The third-order valence-electron chi connectivity index (χ3n) is 3.62. The van der Waals surface area contributed by atoms with Crippen LogP contribution in [0.3, 0.4) is 0 Å². The summed E-state index contributed by atoms with van der Waals surface area (Å²) in [6.07, 6.45) is 0.0439. The second kappa shape index (κ2) is 5.91. The molecule has 3 aromatic rings. The van der Waals surface area contributed by atoms with Crippen LogP contribution >= 0.6 is 0 Å². The molecule has 0 unspecified atom stereocenters. The standard InChI is InChI=1S/C17H15N5O/c18-9-10-1-3-11(4-2-10)12-5-6-14-15(7-12)22-17(21-14)13(19)8-16(20)23/h1-7,13H,8,19H2,(H2,20,23)(H,21,22)/t13-/m1/s1. The van der Waals surface area contributed by atoms with Gasteiger partial charge < -0.3 is 16.5 Å². The smallest absolute Gasteiger partial charge is 0.219 e. The SMILES string of the molecule is N#Cc1ccc(-c2ccc3nc([C@H](N)CC(N)=O)[nH]c3c2)cc1. The minimum Gasteiger partial charge on any atom is -0.370 e. The molecule has 5 N–H and O–H groups in total. The fourth-order valence-electron chi connectivity index (χ4n) is 2.44. The minimum absolute atomic E-state index is 0.0439. The molecule has 3 rings (SSSR count). The summed E-state index contributed by atoms with van der Waals surface area (Å²) in [6, 6.07) is 14.7. The number of nitriles is 1. The van der Waals surface area contributed by atoms with Gasteiger partial charge in [-0.3, -0.25) is 4.79 Å². The van der Waals surface area contributed by atoms with Crippen molar-refractivity contribution in [3.05, 3.63) is 53.9 Å². The monoisotopic (exact) mass is 305 g/mol. The number of nitrogens with two attached hydrogens (primary N) is 2. The van der Waals surface area contributed by atoms with Crippen molar-refractivity contribution in [3.63, 3.8) is 0 Å². The van der Waals surface area contributed by atoms with E-state index in [-0.39, 0.29) is 6.42 Å². The third-order valence-corrected chi connectivity index (χ3v) is 3.62. The van der Waals surface area contributed by atoms with Gasteiger partial charge in [-0.2, -0.15) is 5.26 Å². The molecule has 0 radical (unpaired) electrons. The zero-order chi connectivity index (χ0) is 16.4. The fraction of sp³-hybridized carbons (Fsp3) is 0.118. The third kappa shape index (κ3) is 3.05.